The van der Waals surface area contributed by atoms with Gasteiger partial charge in [0.15, 0.2) is 11.5 Å². The lowest BCUT2D eigenvalue weighted by Gasteiger charge is -2.23. The van der Waals surface area contributed by atoms with E-state index in [1.165, 1.54) is 6.92 Å². The van der Waals surface area contributed by atoms with Gasteiger partial charge in [-0.3, -0.25) is 4.79 Å². The van der Waals surface area contributed by atoms with Gasteiger partial charge in [0.2, 0.25) is 5.91 Å². The van der Waals surface area contributed by atoms with E-state index in [1.807, 2.05) is 62.4 Å². The standard InChI is InChI=1S/C18H19NO4.C2H6/c1-13(20)19-16(12-23-15-5-3-2-4-6-15)14-7-8-17-18(11-14)22-10-9-21-17;1-2/h2-8,11,16H,9-10,12H2,1H3,(H,19,20);1-2H3. The maximum Gasteiger partial charge on any atom is 0.217 e. The molecule has 3 rings (SSSR count). The fourth-order valence-corrected chi connectivity index (χ4v) is 2.44. The molecule has 0 bridgehead atoms. The van der Waals surface area contributed by atoms with Crippen LogP contribution < -0.4 is 19.5 Å². The molecule has 25 heavy (non-hydrogen) atoms. The van der Waals surface area contributed by atoms with Gasteiger partial charge in [-0.2, -0.15) is 0 Å². The molecule has 0 saturated heterocycles. The summed E-state index contributed by atoms with van der Waals surface area (Å²) < 4.78 is 16.9. The molecular formula is C20H25NO4. The summed E-state index contributed by atoms with van der Waals surface area (Å²) in [4.78, 5) is 11.5. The van der Waals surface area contributed by atoms with Crippen molar-refractivity contribution >= 4 is 5.91 Å². The van der Waals surface area contributed by atoms with E-state index in [9.17, 15) is 4.79 Å². The molecule has 5 heteroatoms. The third kappa shape index (κ3) is 5.41. The molecule has 0 saturated carbocycles. The van der Waals surface area contributed by atoms with Crippen LogP contribution in [-0.2, 0) is 4.79 Å². The van der Waals surface area contributed by atoms with Crippen LogP contribution in [0.15, 0.2) is 48.5 Å². The second-order valence-electron chi connectivity index (χ2n) is 5.28. The van der Waals surface area contributed by atoms with Crippen LogP contribution in [0.25, 0.3) is 0 Å². The van der Waals surface area contributed by atoms with E-state index in [0.717, 1.165) is 17.1 Å². The Bertz CT molecular complexity index is 673. The Balaban J connectivity index is 0.00000109. The fraction of sp³-hybridized carbons (Fsp3) is 0.350. The molecule has 2 aromatic carbocycles. The zero-order valence-corrected chi connectivity index (χ0v) is 15.0. The number of hydrogen-bond donors (Lipinski definition) is 1. The number of para-hydroxylation sites is 1. The Morgan fingerprint density at radius 1 is 1.08 bits per heavy atom. The first-order valence-electron chi connectivity index (χ1n) is 8.57. The largest absolute Gasteiger partial charge is 0.491 e. The summed E-state index contributed by atoms with van der Waals surface area (Å²) in [7, 11) is 0. The third-order valence-corrected chi connectivity index (χ3v) is 3.51. The Kier molecular flexibility index (Phi) is 7.14. The Morgan fingerprint density at radius 2 is 1.76 bits per heavy atom. The van der Waals surface area contributed by atoms with Gasteiger partial charge in [-0.15, -0.1) is 0 Å². The second-order valence-corrected chi connectivity index (χ2v) is 5.28. The molecular weight excluding hydrogens is 318 g/mol. The van der Waals surface area contributed by atoms with Crippen molar-refractivity contribution < 1.29 is 19.0 Å². The van der Waals surface area contributed by atoms with Gasteiger partial charge in [0, 0.05) is 6.92 Å². The molecule has 0 radical (unpaired) electrons. The van der Waals surface area contributed by atoms with Crippen molar-refractivity contribution in [1.82, 2.24) is 5.32 Å². The predicted molar refractivity (Wildman–Crippen MR) is 97.3 cm³/mol. The monoisotopic (exact) mass is 343 g/mol. The van der Waals surface area contributed by atoms with Gasteiger partial charge in [-0.1, -0.05) is 38.1 Å². The molecule has 0 aliphatic carbocycles. The van der Waals surface area contributed by atoms with Crippen molar-refractivity contribution in [2.75, 3.05) is 19.8 Å². The maximum atomic E-state index is 11.5. The molecule has 1 atom stereocenters. The number of ether oxygens (including phenoxy) is 3. The SMILES string of the molecule is CC.CC(=O)NC(COc1ccccc1)c1ccc2c(c1)OCCO2. The smallest absolute Gasteiger partial charge is 0.217 e. The van der Waals surface area contributed by atoms with E-state index in [-0.39, 0.29) is 11.9 Å². The zero-order valence-electron chi connectivity index (χ0n) is 15.0. The number of rotatable bonds is 5. The second kappa shape index (κ2) is 9.57. The van der Waals surface area contributed by atoms with Gasteiger partial charge < -0.3 is 19.5 Å². The van der Waals surface area contributed by atoms with E-state index >= 15 is 0 Å². The normalized spacial score (nSPS) is 13.1. The van der Waals surface area contributed by atoms with Gasteiger partial charge in [0.1, 0.15) is 25.6 Å². The first-order valence-corrected chi connectivity index (χ1v) is 8.57. The molecule has 1 aliphatic rings. The molecule has 0 fully saturated rings. The summed E-state index contributed by atoms with van der Waals surface area (Å²) in [6, 6.07) is 14.9. The summed E-state index contributed by atoms with van der Waals surface area (Å²) in [5, 5.41) is 2.91. The Hall–Kier alpha value is -2.69. The topological polar surface area (TPSA) is 56.8 Å². The highest BCUT2D eigenvalue weighted by molar-refractivity contribution is 5.73. The molecule has 1 aliphatic heterocycles. The van der Waals surface area contributed by atoms with E-state index in [0.29, 0.717) is 25.6 Å². The molecule has 2 aromatic rings. The van der Waals surface area contributed by atoms with Crippen LogP contribution in [0.1, 0.15) is 32.4 Å². The minimum Gasteiger partial charge on any atom is -0.491 e. The van der Waals surface area contributed by atoms with Crippen LogP contribution in [0, 0.1) is 0 Å². The molecule has 1 heterocycles. The highest BCUT2D eigenvalue weighted by atomic mass is 16.6. The van der Waals surface area contributed by atoms with Crippen molar-refractivity contribution in [2.45, 2.75) is 26.8 Å². The molecule has 1 unspecified atom stereocenters. The van der Waals surface area contributed by atoms with Crippen molar-refractivity contribution in [3.8, 4) is 17.2 Å². The first-order chi connectivity index (χ1) is 12.2. The summed E-state index contributed by atoms with van der Waals surface area (Å²) in [6.45, 7) is 6.91. The summed E-state index contributed by atoms with van der Waals surface area (Å²) in [6.07, 6.45) is 0. The Morgan fingerprint density at radius 3 is 2.44 bits per heavy atom. The molecule has 1 amide bonds. The van der Waals surface area contributed by atoms with E-state index in [2.05, 4.69) is 5.32 Å². The van der Waals surface area contributed by atoms with E-state index < -0.39 is 0 Å². The van der Waals surface area contributed by atoms with Crippen LogP contribution in [0.5, 0.6) is 17.2 Å². The lowest BCUT2D eigenvalue weighted by Crippen LogP contribution is -2.30. The van der Waals surface area contributed by atoms with Crippen LogP contribution in [0.4, 0.5) is 0 Å². The summed E-state index contributed by atoms with van der Waals surface area (Å²) >= 11 is 0. The maximum absolute atomic E-state index is 11.5. The number of fused-ring (bicyclic) bond motifs is 1. The van der Waals surface area contributed by atoms with Crippen LogP contribution in [0.3, 0.4) is 0 Å². The number of hydrogen-bond acceptors (Lipinski definition) is 4. The van der Waals surface area contributed by atoms with Crippen LogP contribution in [-0.4, -0.2) is 25.7 Å². The van der Waals surface area contributed by atoms with Crippen LogP contribution in [0.2, 0.25) is 0 Å². The molecule has 134 valence electrons. The van der Waals surface area contributed by atoms with E-state index in [4.69, 9.17) is 14.2 Å². The van der Waals surface area contributed by atoms with Crippen LogP contribution >= 0.6 is 0 Å². The van der Waals surface area contributed by atoms with Crippen molar-refractivity contribution in [3.05, 3.63) is 54.1 Å². The minimum absolute atomic E-state index is 0.110. The minimum atomic E-state index is -0.261. The van der Waals surface area contributed by atoms with Gasteiger partial charge in [0.25, 0.3) is 0 Å². The first kappa shape index (κ1) is 18.6. The van der Waals surface area contributed by atoms with Gasteiger partial charge in [0.05, 0.1) is 6.04 Å². The van der Waals surface area contributed by atoms with Gasteiger partial charge in [-0.05, 0) is 29.8 Å². The average Bonchev–Trinajstić information content (AvgIpc) is 2.67. The van der Waals surface area contributed by atoms with Gasteiger partial charge in [-0.25, -0.2) is 0 Å². The molecule has 0 spiro atoms. The summed E-state index contributed by atoms with van der Waals surface area (Å²) in [5.41, 5.74) is 0.917. The highest BCUT2D eigenvalue weighted by Gasteiger charge is 2.18. The fourth-order valence-electron chi connectivity index (χ4n) is 2.44. The average molecular weight is 343 g/mol. The lowest BCUT2D eigenvalue weighted by atomic mass is 10.1. The molecule has 1 N–H and O–H groups in total. The Labute approximate surface area is 148 Å². The zero-order chi connectivity index (χ0) is 18.1. The van der Waals surface area contributed by atoms with Gasteiger partial charge >= 0.3 is 0 Å². The predicted octanol–water partition coefficient (Wildman–Crippen LogP) is 3.74. The van der Waals surface area contributed by atoms with Crippen molar-refractivity contribution in [1.29, 1.82) is 0 Å². The third-order valence-electron chi connectivity index (χ3n) is 3.51. The number of amides is 1. The van der Waals surface area contributed by atoms with Crippen molar-refractivity contribution in [3.63, 3.8) is 0 Å². The number of benzene rings is 2. The van der Waals surface area contributed by atoms with Crippen molar-refractivity contribution in [2.24, 2.45) is 0 Å². The highest BCUT2D eigenvalue weighted by Crippen LogP contribution is 2.32. The number of carbonyl (C=O) groups is 1. The quantitative estimate of drug-likeness (QED) is 0.898. The summed E-state index contributed by atoms with van der Waals surface area (Å²) in [5.74, 6) is 2.08. The molecule has 5 nitrogen and oxygen atoms in total. The van der Waals surface area contributed by atoms with E-state index in [1.54, 1.807) is 0 Å². The molecule has 0 aromatic heterocycles. The number of carbonyl (C=O) groups excluding carboxylic acids is 1. The number of nitrogens with one attached hydrogen (secondary N) is 1. The lowest BCUT2D eigenvalue weighted by molar-refractivity contribution is -0.119.